The minimum atomic E-state index is -3.02. The highest BCUT2D eigenvalue weighted by atomic mass is 127. The first-order valence-corrected chi connectivity index (χ1v) is 11.7. The molecule has 2 heterocycles. The van der Waals surface area contributed by atoms with E-state index in [-0.39, 0.29) is 29.7 Å². The molecule has 0 aromatic rings. The van der Waals surface area contributed by atoms with Crippen LogP contribution in [0.25, 0.3) is 0 Å². The van der Waals surface area contributed by atoms with Crippen LogP contribution in [0.2, 0.25) is 0 Å². The number of guanidine groups is 1. The van der Waals surface area contributed by atoms with Crippen molar-refractivity contribution in [3.63, 3.8) is 0 Å². The van der Waals surface area contributed by atoms with Gasteiger partial charge in [-0.05, 0) is 51.5 Å². The van der Waals surface area contributed by atoms with Crippen LogP contribution in [-0.4, -0.2) is 81.0 Å². The first kappa shape index (κ1) is 24.9. The van der Waals surface area contributed by atoms with Gasteiger partial charge in [0.05, 0.1) is 10.5 Å². The molecule has 2 fully saturated rings. The molecule has 2 unspecified atom stereocenters. The van der Waals surface area contributed by atoms with E-state index >= 15 is 0 Å². The second kappa shape index (κ2) is 10.6. The van der Waals surface area contributed by atoms with Crippen LogP contribution in [0.5, 0.6) is 0 Å². The van der Waals surface area contributed by atoms with E-state index in [1.54, 1.807) is 7.05 Å². The Balaban J connectivity index is 0.00000364. The quantitative estimate of drug-likeness (QED) is 0.264. The van der Waals surface area contributed by atoms with Gasteiger partial charge in [0.1, 0.15) is 0 Å². The van der Waals surface area contributed by atoms with Crippen LogP contribution in [0.3, 0.4) is 0 Å². The van der Waals surface area contributed by atoms with E-state index in [1.807, 2.05) is 13.8 Å². The minimum absolute atomic E-state index is 0. The Bertz CT molecular complexity index is 585. The third kappa shape index (κ3) is 7.03. The Kier molecular flexibility index (Phi) is 9.81. The number of nitrogens with zero attached hydrogens (tertiary/aromatic N) is 3. The molecule has 6 nitrogen and oxygen atoms in total. The molecule has 0 saturated carbocycles. The standard InChI is InChI=1S/C19H38N4O2S.HI/c1-16-12-17(2)14-22(13-16)9-7-6-8-21-18(20-5)23-10-11-26(24,25)19(3,4)15-23;/h16-17H,6-15H2,1-5H3,(H,20,21);1H. The van der Waals surface area contributed by atoms with Crippen LogP contribution >= 0.6 is 24.0 Å². The molecular weight excluding hydrogens is 475 g/mol. The van der Waals surface area contributed by atoms with E-state index in [0.717, 1.165) is 30.8 Å². The van der Waals surface area contributed by atoms with Crippen molar-refractivity contribution in [3.05, 3.63) is 0 Å². The molecule has 27 heavy (non-hydrogen) atoms. The minimum Gasteiger partial charge on any atom is -0.356 e. The summed E-state index contributed by atoms with van der Waals surface area (Å²) in [5.41, 5.74) is 0. The van der Waals surface area contributed by atoms with Crippen LogP contribution < -0.4 is 5.32 Å². The van der Waals surface area contributed by atoms with Crippen molar-refractivity contribution in [2.75, 3.05) is 52.1 Å². The summed E-state index contributed by atoms with van der Waals surface area (Å²) in [5.74, 6) is 2.66. The van der Waals surface area contributed by atoms with E-state index in [4.69, 9.17) is 0 Å². The van der Waals surface area contributed by atoms with E-state index in [9.17, 15) is 8.42 Å². The topological polar surface area (TPSA) is 65.0 Å². The zero-order valence-corrected chi connectivity index (χ0v) is 20.8. The summed E-state index contributed by atoms with van der Waals surface area (Å²) < 4.78 is 23.6. The molecule has 0 radical (unpaired) electrons. The van der Waals surface area contributed by atoms with Gasteiger partial charge in [-0.3, -0.25) is 4.99 Å². The van der Waals surface area contributed by atoms with Crippen LogP contribution in [-0.2, 0) is 9.84 Å². The smallest absolute Gasteiger partial charge is 0.193 e. The predicted molar refractivity (Wildman–Crippen MR) is 125 cm³/mol. The fraction of sp³-hybridized carbons (Fsp3) is 0.947. The van der Waals surface area contributed by atoms with Gasteiger partial charge in [-0.25, -0.2) is 8.42 Å². The van der Waals surface area contributed by atoms with Crippen molar-refractivity contribution in [2.45, 2.75) is 51.7 Å². The molecule has 2 rings (SSSR count). The third-order valence-corrected chi connectivity index (χ3v) is 8.22. The van der Waals surface area contributed by atoms with Crippen molar-refractivity contribution in [1.29, 1.82) is 0 Å². The maximum absolute atomic E-state index is 12.2. The SMILES string of the molecule is CN=C(NCCCCN1CC(C)CC(C)C1)N1CCS(=O)(=O)C(C)(C)C1.I. The van der Waals surface area contributed by atoms with Gasteiger partial charge in [0.15, 0.2) is 15.8 Å². The highest BCUT2D eigenvalue weighted by Gasteiger charge is 2.40. The van der Waals surface area contributed by atoms with Crippen molar-refractivity contribution in [2.24, 2.45) is 16.8 Å². The molecule has 0 bridgehead atoms. The number of halogens is 1. The zero-order valence-electron chi connectivity index (χ0n) is 17.7. The van der Waals surface area contributed by atoms with E-state index in [0.29, 0.717) is 13.1 Å². The molecule has 8 heteroatoms. The number of sulfone groups is 1. The number of rotatable bonds is 5. The van der Waals surface area contributed by atoms with Crippen molar-refractivity contribution < 1.29 is 8.42 Å². The van der Waals surface area contributed by atoms with Gasteiger partial charge < -0.3 is 15.1 Å². The lowest BCUT2D eigenvalue weighted by atomic mass is 9.92. The maximum atomic E-state index is 12.2. The lowest BCUT2D eigenvalue weighted by molar-refractivity contribution is 0.139. The van der Waals surface area contributed by atoms with Gasteiger partial charge in [0.25, 0.3) is 0 Å². The van der Waals surface area contributed by atoms with E-state index < -0.39 is 14.6 Å². The predicted octanol–water partition coefficient (Wildman–Crippen LogP) is 2.45. The van der Waals surface area contributed by atoms with Gasteiger partial charge in [-0.2, -0.15) is 0 Å². The van der Waals surface area contributed by atoms with E-state index in [2.05, 4.69) is 34.0 Å². The lowest BCUT2D eigenvalue weighted by Gasteiger charge is -2.39. The monoisotopic (exact) mass is 514 g/mol. The molecule has 2 aliphatic heterocycles. The zero-order chi connectivity index (χ0) is 19.4. The maximum Gasteiger partial charge on any atom is 0.193 e. The number of nitrogens with one attached hydrogen (secondary N) is 1. The number of likely N-dealkylation sites (tertiary alicyclic amines) is 1. The lowest BCUT2D eigenvalue weighted by Crippen LogP contribution is -2.57. The fourth-order valence-corrected chi connectivity index (χ4v) is 5.66. The molecule has 0 aliphatic carbocycles. The number of hydrogen-bond acceptors (Lipinski definition) is 4. The molecule has 0 aromatic carbocycles. The van der Waals surface area contributed by atoms with Crippen molar-refractivity contribution in [1.82, 2.24) is 15.1 Å². The first-order chi connectivity index (χ1) is 12.1. The van der Waals surface area contributed by atoms with Gasteiger partial charge >= 0.3 is 0 Å². The Morgan fingerprint density at radius 2 is 1.81 bits per heavy atom. The van der Waals surface area contributed by atoms with Crippen LogP contribution in [0.4, 0.5) is 0 Å². The van der Waals surface area contributed by atoms with Crippen molar-refractivity contribution in [3.8, 4) is 0 Å². The van der Waals surface area contributed by atoms with Crippen molar-refractivity contribution >= 4 is 39.8 Å². The molecule has 160 valence electrons. The van der Waals surface area contributed by atoms with Gasteiger partial charge in [0.2, 0.25) is 0 Å². The van der Waals surface area contributed by atoms with Crippen LogP contribution in [0.15, 0.2) is 4.99 Å². The Morgan fingerprint density at radius 3 is 2.37 bits per heavy atom. The summed E-state index contributed by atoms with van der Waals surface area (Å²) in [6.07, 6.45) is 3.65. The van der Waals surface area contributed by atoms with E-state index in [1.165, 1.54) is 32.5 Å². The molecule has 2 saturated heterocycles. The molecule has 2 atom stereocenters. The average Bonchev–Trinajstić information content (AvgIpc) is 2.53. The van der Waals surface area contributed by atoms with Crippen LogP contribution in [0.1, 0.15) is 47.0 Å². The summed E-state index contributed by atoms with van der Waals surface area (Å²) in [7, 11) is -1.24. The molecule has 1 N–H and O–H groups in total. The average molecular weight is 515 g/mol. The largest absolute Gasteiger partial charge is 0.356 e. The summed E-state index contributed by atoms with van der Waals surface area (Å²) in [6.45, 7) is 13.9. The Morgan fingerprint density at radius 1 is 1.19 bits per heavy atom. The summed E-state index contributed by atoms with van der Waals surface area (Å²) in [4.78, 5) is 9.04. The molecule has 2 aliphatic rings. The number of unbranched alkanes of at least 4 members (excludes halogenated alkanes) is 1. The number of piperidine rings is 1. The second-order valence-corrected chi connectivity index (χ2v) is 11.6. The fourth-order valence-electron chi connectivity index (χ4n) is 4.29. The van der Waals surface area contributed by atoms with Gasteiger partial charge in [-0.1, -0.05) is 13.8 Å². The Hall–Kier alpha value is -0.0900. The Labute approximate surface area is 183 Å². The summed E-state index contributed by atoms with van der Waals surface area (Å²) in [5, 5.41) is 3.42. The second-order valence-electron chi connectivity index (χ2n) is 8.89. The molecule has 0 spiro atoms. The highest BCUT2D eigenvalue weighted by molar-refractivity contribution is 14.0. The summed E-state index contributed by atoms with van der Waals surface area (Å²) >= 11 is 0. The van der Waals surface area contributed by atoms with Gasteiger partial charge in [-0.15, -0.1) is 24.0 Å². The molecule has 0 aromatic heterocycles. The highest BCUT2D eigenvalue weighted by Crippen LogP contribution is 2.24. The summed E-state index contributed by atoms with van der Waals surface area (Å²) in [6, 6.07) is 0. The van der Waals surface area contributed by atoms with Gasteiger partial charge in [0, 0.05) is 39.8 Å². The molecule has 0 amide bonds. The number of aliphatic imine (C=N–C) groups is 1. The first-order valence-electron chi connectivity index (χ1n) is 10.0. The molecular formula is C19H39IN4O2S. The number of hydrogen-bond donors (Lipinski definition) is 1. The normalized spacial score (nSPS) is 28.5. The third-order valence-electron chi connectivity index (χ3n) is 5.68. The van der Waals surface area contributed by atoms with Crippen LogP contribution in [0, 0.1) is 11.8 Å².